The molecule has 0 bridgehead atoms. The van der Waals surface area contributed by atoms with Gasteiger partial charge in [0, 0.05) is 0 Å². The average molecular weight is 376 g/mol. The second-order valence-corrected chi connectivity index (χ2v) is 8.06. The molecule has 0 saturated carbocycles. The van der Waals surface area contributed by atoms with E-state index in [1.165, 1.54) is 22.3 Å². The second-order valence-electron chi connectivity index (χ2n) is 8.06. The van der Waals surface area contributed by atoms with E-state index in [0.717, 1.165) is 22.3 Å². The summed E-state index contributed by atoms with van der Waals surface area (Å²) in [5.74, 6) is 0. The van der Waals surface area contributed by atoms with Gasteiger partial charge < -0.3 is 5.11 Å². The van der Waals surface area contributed by atoms with Crippen molar-refractivity contribution in [3.05, 3.63) is 142 Å². The van der Waals surface area contributed by atoms with Gasteiger partial charge in [-0.15, -0.1) is 0 Å². The van der Waals surface area contributed by atoms with Gasteiger partial charge in [-0.25, -0.2) is 0 Å². The van der Waals surface area contributed by atoms with Crippen molar-refractivity contribution < 1.29 is 5.11 Å². The molecule has 0 aliphatic heterocycles. The third-order valence-corrected chi connectivity index (χ3v) is 6.29. The Labute approximate surface area is 172 Å². The molecule has 0 amide bonds. The van der Waals surface area contributed by atoms with Gasteiger partial charge in [-0.05, 0) is 47.2 Å². The molecule has 0 saturated heterocycles. The van der Waals surface area contributed by atoms with Gasteiger partial charge in [-0.3, -0.25) is 0 Å². The highest BCUT2D eigenvalue weighted by atomic mass is 16.3. The maximum absolute atomic E-state index is 11.2. The Bertz CT molecular complexity index is 1070. The maximum atomic E-state index is 11.2. The van der Waals surface area contributed by atoms with Crippen molar-refractivity contribution in [2.75, 3.05) is 0 Å². The van der Waals surface area contributed by atoms with E-state index in [4.69, 9.17) is 0 Å². The molecule has 1 aliphatic carbocycles. The molecule has 4 aromatic rings. The van der Waals surface area contributed by atoms with Crippen LogP contribution in [0.3, 0.4) is 0 Å². The molecule has 142 valence electrons. The maximum Gasteiger partial charge on any atom is 0.105 e. The molecule has 0 heterocycles. The summed E-state index contributed by atoms with van der Waals surface area (Å²) in [6, 6.07) is 34.3. The van der Waals surface area contributed by atoms with Crippen molar-refractivity contribution >= 4 is 0 Å². The van der Waals surface area contributed by atoms with E-state index in [2.05, 4.69) is 98.8 Å². The van der Waals surface area contributed by atoms with Crippen molar-refractivity contribution in [2.45, 2.75) is 25.4 Å². The van der Waals surface area contributed by atoms with Crippen LogP contribution < -0.4 is 0 Å². The first-order chi connectivity index (χ1) is 14.1. The van der Waals surface area contributed by atoms with E-state index >= 15 is 0 Å². The van der Waals surface area contributed by atoms with Crippen molar-refractivity contribution in [2.24, 2.45) is 0 Å². The molecule has 0 unspecified atom stereocenters. The summed E-state index contributed by atoms with van der Waals surface area (Å²) in [6.07, 6.45) is -0.619. The highest BCUT2D eigenvalue weighted by Crippen LogP contribution is 2.53. The third kappa shape index (κ3) is 2.58. The number of aryl methyl sites for hydroxylation is 2. The number of hydrogen-bond acceptors (Lipinski definition) is 1. The van der Waals surface area contributed by atoms with Crippen molar-refractivity contribution in [3.8, 4) is 0 Å². The predicted octanol–water partition coefficient (Wildman–Crippen LogP) is 6.08. The van der Waals surface area contributed by atoms with Crippen molar-refractivity contribution in [1.29, 1.82) is 0 Å². The van der Waals surface area contributed by atoms with Gasteiger partial charge in [0.05, 0.1) is 5.41 Å². The molecular weight excluding hydrogens is 352 g/mol. The minimum Gasteiger partial charge on any atom is -0.384 e. The van der Waals surface area contributed by atoms with E-state index < -0.39 is 11.5 Å². The highest BCUT2D eigenvalue weighted by molar-refractivity contribution is 5.67. The molecule has 4 aromatic carbocycles. The van der Waals surface area contributed by atoms with Crippen LogP contribution in [0.2, 0.25) is 0 Å². The normalized spacial score (nSPS) is 14.9. The Kier molecular flexibility index (Phi) is 4.15. The van der Waals surface area contributed by atoms with Crippen LogP contribution in [0.5, 0.6) is 0 Å². The fourth-order valence-corrected chi connectivity index (χ4v) is 4.86. The van der Waals surface area contributed by atoms with Gasteiger partial charge in [-0.1, -0.05) is 108 Å². The topological polar surface area (TPSA) is 20.2 Å². The summed E-state index contributed by atoms with van der Waals surface area (Å²) in [6.45, 7) is 4.24. The van der Waals surface area contributed by atoms with Crippen molar-refractivity contribution in [1.82, 2.24) is 0 Å². The molecule has 0 fully saturated rings. The molecule has 0 atom stereocenters. The Hall–Kier alpha value is -3.16. The molecule has 1 aliphatic rings. The summed E-state index contributed by atoms with van der Waals surface area (Å²) >= 11 is 0. The van der Waals surface area contributed by atoms with Crippen LogP contribution in [-0.4, -0.2) is 5.11 Å². The number of aliphatic hydroxyl groups excluding tert-OH is 1. The summed E-state index contributed by atoms with van der Waals surface area (Å²) < 4.78 is 0. The fourth-order valence-electron chi connectivity index (χ4n) is 4.86. The first-order valence-corrected chi connectivity index (χ1v) is 10.1. The molecule has 5 rings (SSSR count). The number of hydrogen-bond donors (Lipinski definition) is 1. The van der Waals surface area contributed by atoms with E-state index in [1.54, 1.807) is 0 Å². The van der Waals surface area contributed by atoms with Gasteiger partial charge in [-0.2, -0.15) is 0 Å². The minimum absolute atomic E-state index is 0.464. The van der Waals surface area contributed by atoms with Gasteiger partial charge >= 0.3 is 0 Å². The highest BCUT2D eigenvalue weighted by Gasteiger charge is 2.45. The van der Waals surface area contributed by atoms with Gasteiger partial charge in [0.1, 0.15) is 6.10 Å². The molecule has 0 radical (unpaired) electrons. The lowest BCUT2D eigenvalue weighted by molar-refractivity contribution is 0.212. The SMILES string of the molecule is Cc1ccc(C2(c3ccc(C)cc3)c3ccccc3C(O)c3ccccc32)cc1. The number of benzene rings is 4. The molecular formula is C28H24O. The van der Waals surface area contributed by atoms with Crippen LogP contribution in [0.15, 0.2) is 97.1 Å². The smallest absolute Gasteiger partial charge is 0.105 e. The zero-order chi connectivity index (χ0) is 20.0. The minimum atomic E-state index is -0.619. The quantitative estimate of drug-likeness (QED) is 0.449. The lowest BCUT2D eigenvalue weighted by Crippen LogP contribution is -2.37. The first-order valence-electron chi connectivity index (χ1n) is 10.1. The molecule has 0 aromatic heterocycles. The summed E-state index contributed by atoms with van der Waals surface area (Å²) in [7, 11) is 0. The van der Waals surface area contributed by atoms with E-state index in [0.29, 0.717) is 0 Å². The molecule has 29 heavy (non-hydrogen) atoms. The molecule has 1 N–H and O–H groups in total. The Balaban J connectivity index is 1.96. The van der Waals surface area contributed by atoms with Crippen molar-refractivity contribution in [3.63, 3.8) is 0 Å². The third-order valence-electron chi connectivity index (χ3n) is 6.29. The van der Waals surface area contributed by atoms with Gasteiger partial charge in [0.25, 0.3) is 0 Å². The van der Waals surface area contributed by atoms with E-state index in [1.807, 2.05) is 12.1 Å². The Morgan fingerprint density at radius 3 is 1.34 bits per heavy atom. The van der Waals surface area contributed by atoms with Gasteiger partial charge in [0.15, 0.2) is 0 Å². The lowest BCUT2D eigenvalue weighted by atomic mass is 9.59. The predicted molar refractivity (Wildman–Crippen MR) is 118 cm³/mol. The number of rotatable bonds is 2. The standard InChI is InChI=1S/C28H24O/c1-19-11-15-21(16-12-19)28(22-17-13-20(2)14-18-22)25-9-5-3-7-23(25)27(29)24-8-4-6-10-26(24)28/h3-18,27,29H,1-2H3. The lowest BCUT2D eigenvalue weighted by Gasteiger charge is -2.44. The van der Waals surface area contributed by atoms with Crippen LogP contribution in [0.4, 0.5) is 0 Å². The fraction of sp³-hybridized carbons (Fsp3) is 0.143. The first kappa shape index (κ1) is 17.9. The molecule has 0 spiro atoms. The largest absolute Gasteiger partial charge is 0.384 e. The van der Waals surface area contributed by atoms with Crippen LogP contribution >= 0.6 is 0 Å². The number of aliphatic hydroxyl groups is 1. The van der Waals surface area contributed by atoms with Crippen LogP contribution in [0.25, 0.3) is 0 Å². The van der Waals surface area contributed by atoms with Crippen LogP contribution in [0.1, 0.15) is 50.6 Å². The molecule has 1 nitrogen and oxygen atoms in total. The Morgan fingerprint density at radius 1 is 0.552 bits per heavy atom. The zero-order valence-electron chi connectivity index (χ0n) is 16.8. The molecule has 1 heteroatoms. The Morgan fingerprint density at radius 2 is 0.931 bits per heavy atom. The summed E-state index contributed by atoms with van der Waals surface area (Å²) in [4.78, 5) is 0. The van der Waals surface area contributed by atoms with Crippen LogP contribution in [0, 0.1) is 13.8 Å². The van der Waals surface area contributed by atoms with E-state index in [-0.39, 0.29) is 0 Å². The van der Waals surface area contributed by atoms with E-state index in [9.17, 15) is 5.11 Å². The monoisotopic (exact) mass is 376 g/mol. The summed E-state index contributed by atoms with van der Waals surface area (Å²) in [5, 5.41) is 11.2. The zero-order valence-corrected chi connectivity index (χ0v) is 16.8. The summed E-state index contributed by atoms with van der Waals surface area (Å²) in [5.41, 5.74) is 8.72. The average Bonchev–Trinajstić information content (AvgIpc) is 2.76. The number of fused-ring (bicyclic) bond motifs is 2. The van der Waals surface area contributed by atoms with Crippen LogP contribution in [-0.2, 0) is 5.41 Å². The van der Waals surface area contributed by atoms with Gasteiger partial charge in [0.2, 0.25) is 0 Å². The second kappa shape index (κ2) is 6.72.